The van der Waals surface area contributed by atoms with E-state index < -0.39 is 5.54 Å². The van der Waals surface area contributed by atoms with Gasteiger partial charge in [-0.3, -0.25) is 4.79 Å². The normalized spacial score (nSPS) is 11.7. The van der Waals surface area contributed by atoms with Crippen molar-refractivity contribution in [2.45, 2.75) is 32.4 Å². The Morgan fingerprint density at radius 1 is 1.43 bits per heavy atom. The van der Waals surface area contributed by atoms with Gasteiger partial charge in [-0.15, -0.1) is 0 Å². The molecule has 0 aliphatic heterocycles. The minimum atomic E-state index is -0.651. The van der Waals surface area contributed by atoms with Gasteiger partial charge >= 0.3 is 0 Å². The number of hydrogen-bond acceptors (Lipinski definition) is 3. The molecule has 0 aliphatic rings. The van der Waals surface area contributed by atoms with Gasteiger partial charge in [0.05, 0.1) is 24.6 Å². The molecule has 1 amide bonds. The van der Waals surface area contributed by atoms with Gasteiger partial charge in [0, 0.05) is 35.3 Å². The minimum Gasteiger partial charge on any atom is -0.394 e. The zero-order valence-corrected chi connectivity index (χ0v) is 13.4. The van der Waals surface area contributed by atoms with Crippen molar-refractivity contribution in [2.24, 2.45) is 0 Å². The first-order valence-corrected chi connectivity index (χ1v) is 7.53. The number of amides is 1. The zero-order valence-electron chi connectivity index (χ0n) is 13.4. The quantitative estimate of drug-likeness (QED) is 0.804. The number of hydrogen-bond donors (Lipinski definition) is 2. The number of carbonyl (C=O) groups excluding carboxylic acids is 1. The third-order valence-electron chi connectivity index (χ3n) is 3.56. The third-order valence-corrected chi connectivity index (χ3v) is 3.56. The predicted octanol–water partition coefficient (Wildman–Crippen LogP) is 2.46. The van der Waals surface area contributed by atoms with Crippen LogP contribution in [-0.2, 0) is 11.3 Å². The van der Waals surface area contributed by atoms with Crippen LogP contribution >= 0.6 is 0 Å². The number of nitrogens with one attached hydrogen (secondary N) is 1. The number of aliphatic hydroxyl groups is 1. The third kappa shape index (κ3) is 4.21. The van der Waals surface area contributed by atoms with Crippen LogP contribution in [0.3, 0.4) is 0 Å². The fraction of sp³-hybridized carbons (Fsp3) is 0.333. The molecule has 0 atom stereocenters. The van der Waals surface area contributed by atoms with E-state index >= 15 is 0 Å². The van der Waals surface area contributed by atoms with Crippen LogP contribution in [0.2, 0.25) is 0 Å². The lowest BCUT2D eigenvalue weighted by molar-refractivity contribution is -0.118. The summed E-state index contributed by atoms with van der Waals surface area (Å²) in [6.07, 6.45) is 5.61. The summed E-state index contributed by atoms with van der Waals surface area (Å²) < 4.78 is 2.02. The molecule has 0 saturated heterocycles. The lowest BCUT2D eigenvalue weighted by Crippen LogP contribution is -2.45. The average Bonchev–Trinajstić information content (AvgIpc) is 2.89. The largest absolute Gasteiger partial charge is 0.394 e. The van der Waals surface area contributed by atoms with Crippen LogP contribution in [0.4, 0.5) is 0 Å². The highest BCUT2D eigenvalue weighted by Gasteiger charge is 2.17. The van der Waals surface area contributed by atoms with Gasteiger partial charge in [0.2, 0.25) is 5.91 Å². The lowest BCUT2D eigenvalue weighted by atomic mass is 10.1. The number of aryl methyl sites for hydroxylation is 1. The number of carbonyl (C=O) groups is 1. The molecule has 2 aromatic rings. The summed E-state index contributed by atoms with van der Waals surface area (Å²) in [6.45, 7) is 4.01. The van der Waals surface area contributed by atoms with Crippen LogP contribution in [0.1, 0.15) is 25.8 Å². The maximum atomic E-state index is 11.9. The summed E-state index contributed by atoms with van der Waals surface area (Å²) in [5.41, 5.74) is 1.32. The first kappa shape index (κ1) is 16.8. The van der Waals surface area contributed by atoms with E-state index in [1.807, 2.05) is 35.0 Å². The number of rotatable bonds is 6. The van der Waals surface area contributed by atoms with Crippen molar-refractivity contribution in [2.75, 3.05) is 6.61 Å². The molecule has 1 aromatic carbocycles. The number of fused-ring (bicyclic) bond motifs is 1. The summed E-state index contributed by atoms with van der Waals surface area (Å²) >= 11 is 0. The fourth-order valence-electron chi connectivity index (χ4n) is 2.34. The molecule has 5 nitrogen and oxygen atoms in total. The van der Waals surface area contributed by atoms with Gasteiger partial charge in [-0.05, 0) is 26.0 Å². The SMILES string of the molecule is CC(C)(CO)NC(=O)/C=C/c1cn(CCC#N)c2ccccc12. The molecule has 0 fully saturated rings. The lowest BCUT2D eigenvalue weighted by Gasteiger charge is -2.22. The van der Waals surface area contributed by atoms with Gasteiger partial charge in [-0.2, -0.15) is 5.26 Å². The van der Waals surface area contributed by atoms with Gasteiger partial charge in [0.15, 0.2) is 0 Å². The van der Waals surface area contributed by atoms with E-state index in [-0.39, 0.29) is 12.5 Å². The summed E-state index contributed by atoms with van der Waals surface area (Å²) in [5.74, 6) is -0.252. The molecule has 23 heavy (non-hydrogen) atoms. The van der Waals surface area contributed by atoms with Crippen molar-refractivity contribution in [3.63, 3.8) is 0 Å². The van der Waals surface area contributed by atoms with Crippen molar-refractivity contribution in [3.05, 3.63) is 42.1 Å². The first-order valence-electron chi connectivity index (χ1n) is 7.53. The van der Waals surface area contributed by atoms with E-state index in [2.05, 4.69) is 11.4 Å². The number of aromatic nitrogens is 1. The number of para-hydroxylation sites is 1. The number of nitrogens with zero attached hydrogens (tertiary/aromatic N) is 2. The van der Waals surface area contributed by atoms with Crippen LogP contribution in [0.15, 0.2) is 36.5 Å². The van der Waals surface area contributed by atoms with Gasteiger partial charge in [0.1, 0.15) is 0 Å². The Labute approximate surface area is 135 Å². The molecular weight excluding hydrogens is 290 g/mol. The highest BCUT2D eigenvalue weighted by Crippen LogP contribution is 2.22. The smallest absolute Gasteiger partial charge is 0.244 e. The molecule has 0 aliphatic carbocycles. The molecule has 2 rings (SSSR count). The molecule has 1 aromatic heterocycles. The standard InChI is InChI=1S/C18H21N3O2/c1-18(2,13-22)20-17(23)9-8-14-12-21(11-5-10-19)16-7-4-3-6-15(14)16/h3-4,6-9,12,22H,5,11,13H2,1-2H3,(H,20,23)/b9-8+. The van der Waals surface area contributed by atoms with Crippen LogP contribution in [0, 0.1) is 11.3 Å². The Bertz CT molecular complexity index is 766. The molecule has 0 radical (unpaired) electrons. The molecule has 0 unspecified atom stereocenters. The number of benzene rings is 1. The second kappa shape index (κ2) is 7.12. The van der Waals surface area contributed by atoms with E-state index in [9.17, 15) is 9.90 Å². The zero-order chi connectivity index (χ0) is 16.9. The number of nitriles is 1. The van der Waals surface area contributed by atoms with Gasteiger partial charge < -0.3 is 15.0 Å². The highest BCUT2D eigenvalue weighted by molar-refractivity contribution is 5.96. The van der Waals surface area contributed by atoms with Crippen molar-refractivity contribution < 1.29 is 9.90 Å². The molecule has 0 spiro atoms. The first-order chi connectivity index (χ1) is 11.0. The van der Waals surface area contributed by atoms with E-state index in [0.717, 1.165) is 16.5 Å². The Balaban J connectivity index is 2.25. The second-order valence-electron chi connectivity index (χ2n) is 6.07. The van der Waals surface area contributed by atoms with Gasteiger partial charge in [-0.25, -0.2) is 0 Å². The van der Waals surface area contributed by atoms with E-state index in [1.165, 1.54) is 6.08 Å². The van der Waals surface area contributed by atoms with Crippen molar-refractivity contribution in [1.82, 2.24) is 9.88 Å². The molecule has 120 valence electrons. The molecule has 5 heteroatoms. The second-order valence-corrected chi connectivity index (χ2v) is 6.07. The van der Waals surface area contributed by atoms with Crippen LogP contribution in [0.5, 0.6) is 0 Å². The van der Waals surface area contributed by atoms with E-state index in [4.69, 9.17) is 5.26 Å². The van der Waals surface area contributed by atoms with Crippen LogP contribution < -0.4 is 5.32 Å². The summed E-state index contributed by atoms with van der Waals surface area (Å²) in [4.78, 5) is 11.9. The van der Waals surface area contributed by atoms with Gasteiger partial charge in [-0.1, -0.05) is 18.2 Å². The maximum Gasteiger partial charge on any atom is 0.244 e. The minimum absolute atomic E-state index is 0.125. The summed E-state index contributed by atoms with van der Waals surface area (Å²) in [6, 6.07) is 10.0. The molecular formula is C18H21N3O2. The van der Waals surface area contributed by atoms with E-state index in [0.29, 0.717) is 13.0 Å². The highest BCUT2D eigenvalue weighted by atomic mass is 16.3. The maximum absolute atomic E-state index is 11.9. The Hall–Kier alpha value is -2.58. The molecule has 0 saturated carbocycles. The predicted molar refractivity (Wildman–Crippen MR) is 90.5 cm³/mol. The topological polar surface area (TPSA) is 78.0 Å². The van der Waals surface area contributed by atoms with Crippen LogP contribution in [-0.4, -0.2) is 27.7 Å². The Morgan fingerprint density at radius 2 is 2.17 bits per heavy atom. The Kier molecular flexibility index (Phi) is 5.20. The van der Waals surface area contributed by atoms with E-state index in [1.54, 1.807) is 19.9 Å². The Morgan fingerprint density at radius 3 is 2.87 bits per heavy atom. The van der Waals surface area contributed by atoms with Crippen molar-refractivity contribution in [3.8, 4) is 6.07 Å². The van der Waals surface area contributed by atoms with Gasteiger partial charge in [0.25, 0.3) is 0 Å². The fourth-order valence-corrected chi connectivity index (χ4v) is 2.34. The summed E-state index contributed by atoms with van der Waals surface area (Å²) in [7, 11) is 0. The average molecular weight is 311 g/mol. The van der Waals surface area contributed by atoms with Crippen molar-refractivity contribution >= 4 is 22.9 Å². The van der Waals surface area contributed by atoms with Crippen LogP contribution in [0.25, 0.3) is 17.0 Å². The molecule has 1 heterocycles. The molecule has 0 bridgehead atoms. The monoisotopic (exact) mass is 311 g/mol. The van der Waals surface area contributed by atoms with Crippen molar-refractivity contribution in [1.29, 1.82) is 5.26 Å². The number of aliphatic hydroxyl groups excluding tert-OH is 1. The summed E-state index contributed by atoms with van der Waals surface area (Å²) in [5, 5.41) is 21.7. The molecule has 2 N–H and O–H groups in total.